The molecule has 0 aliphatic heterocycles. The average Bonchev–Trinajstić information content (AvgIpc) is 2.48. The van der Waals surface area contributed by atoms with Gasteiger partial charge in [0.1, 0.15) is 12.4 Å². The summed E-state index contributed by atoms with van der Waals surface area (Å²) in [6, 6.07) is 17.5. The summed E-state index contributed by atoms with van der Waals surface area (Å²) >= 11 is 0. The van der Waals surface area contributed by atoms with Crippen molar-refractivity contribution in [3.63, 3.8) is 0 Å². The van der Waals surface area contributed by atoms with E-state index in [2.05, 4.69) is 17.4 Å². The molecule has 0 fully saturated rings. The third-order valence-corrected chi connectivity index (χ3v) is 2.98. The molecule has 0 radical (unpaired) electrons. The molecule has 0 aliphatic rings. The molecule has 2 aromatic carbocycles. The van der Waals surface area contributed by atoms with Gasteiger partial charge in [-0.2, -0.15) is 0 Å². The summed E-state index contributed by atoms with van der Waals surface area (Å²) in [6.07, 6.45) is 0. The zero-order chi connectivity index (χ0) is 14.2. The quantitative estimate of drug-likeness (QED) is 0.620. The number of ketones is 1. The van der Waals surface area contributed by atoms with Crippen LogP contribution in [0.2, 0.25) is 0 Å². The molecule has 2 aromatic rings. The number of carbonyl (C=O) groups excluding carboxylic acids is 1. The highest BCUT2D eigenvalue weighted by atomic mass is 16.5. The van der Waals surface area contributed by atoms with Crippen molar-refractivity contribution in [2.24, 2.45) is 0 Å². The molecule has 0 amide bonds. The number of benzene rings is 2. The number of rotatable bonds is 7. The van der Waals surface area contributed by atoms with Crippen molar-refractivity contribution < 1.29 is 9.53 Å². The van der Waals surface area contributed by atoms with E-state index in [4.69, 9.17) is 4.74 Å². The largest absolute Gasteiger partial charge is 0.492 e. The molecule has 3 heteroatoms. The van der Waals surface area contributed by atoms with Gasteiger partial charge in [0.15, 0.2) is 5.78 Å². The van der Waals surface area contributed by atoms with Gasteiger partial charge in [-0.25, -0.2) is 0 Å². The Labute approximate surface area is 119 Å². The minimum absolute atomic E-state index is 0.0704. The zero-order valence-corrected chi connectivity index (χ0v) is 11.6. The Bertz CT molecular complexity index is 535. The van der Waals surface area contributed by atoms with Crippen molar-refractivity contribution in [3.8, 4) is 5.75 Å². The molecule has 0 spiro atoms. The van der Waals surface area contributed by atoms with E-state index in [9.17, 15) is 4.79 Å². The minimum Gasteiger partial charge on any atom is -0.492 e. The molecule has 0 unspecified atom stereocenters. The second-order valence-corrected chi connectivity index (χ2v) is 4.59. The maximum absolute atomic E-state index is 11.1. The van der Waals surface area contributed by atoms with E-state index in [0.717, 1.165) is 18.8 Å². The zero-order valence-electron chi connectivity index (χ0n) is 11.6. The first-order chi connectivity index (χ1) is 9.75. The maximum atomic E-state index is 11.1. The Morgan fingerprint density at radius 3 is 2.40 bits per heavy atom. The average molecular weight is 269 g/mol. The molecule has 0 aromatic heterocycles. The fraction of sp³-hybridized carbons (Fsp3) is 0.235. The van der Waals surface area contributed by atoms with Crippen LogP contribution in [0.1, 0.15) is 22.8 Å². The predicted octanol–water partition coefficient (Wildman–Crippen LogP) is 3.06. The molecular formula is C17H19NO2. The van der Waals surface area contributed by atoms with Gasteiger partial charge in [-0.15, -0.1) is 0 Å². The molecule has 3 nitrogen and oxygen atoms in total. The number of nitrogens with one attached hydrogen (secondary N) is 1. The van der Waals surface area contributed by atoms with E-state index in [1.165, 1.54) is 5.56 Å². The number of hydrogen-bond acceptors (Lipinski definition) is 3. The number of carbonyl (C=O) groups is 1. The summed E-state index contributed by atoms with van der Waals surface area (Å²) in [7, 11) is 0. The molecule has 104 valence electrons. The lowest BCUT2D eigenvalue weighted by Crippen LogP contribution is -2.20. The SMILES string of the molecule is CC(=O)c1ccc(OCCNCc2ccccc2)cc1. The fourth-order valence-electron chi connectivity index (χ4n) is 1.86. The van der Waals surface area contributed by atoms with Gasteiger partial charge in [-0.3, -0.25) is 4.79 Å². The number of ether oxygens (including phenoxy) is 1. The summed E-state index contributed by atoms with van der Waals surface area (Å²) < 4.78 is 5.60. The molecule has 1 N–H and O–H groups in total. The van der Waals surface area contributed by atoms with Crippen LogP contribution in [0.5, 0.6) is 5.75 Å². The number of hydrogen-bond donors (Lipinski definition) is 1. The smallest absolute Gasteiger partial charge is 0.159 e. The normalized spacial score (nSPS) is 10.2. The van der Waals surface area contributed by atoms with Crippen LogP contribution >= 0.6 is 0 Å². The highest BCUT2D eigenvalue weighted by Gasteiger charge is 1.99. The summed E-state index contributed by atoms with van der Waals surface area (Å²) in [5.41, 5.74) is 1.97. The van der Waals surface area contributed by atoms with Crippen molar-refractivity contribution in [2.45, 2.75) is 13.5 Å². The van der Waals surface area contributed by atoms with Crippen LogP contribution < -0.4 is 10.1 Å². The lowest BCUT2D eigenvalue weighted by Gasteiger charge is -2.08. The molecule has 0 saturated heterocycles. The fourth-order valence-corrected chi connectivity index (χ4v) is 1.86. The van der Waals surface area contributed by atoms with E-state index < -0.39 is 0 Å². The molecular weight excluding hydrogens is 250 g/mol. The van der Waals surface area contributed by atoms with Crippen LogP contribution in [-0.4, -0.2) is 18.9 Å². The molecule has 0 heterocycles. The van der Waals surface area contributed by atoms with E-state index in [1.54, 1.807) is 19.1 Å². The van der Waals surface area contributed by atoms with E-state index in [0.29, 0.717) is 12.2 Å². The van der Waals surface area contributed by atoms with Crippen LogP contribution in [-0.2, 0) is 6.54 Å². The standard InChI is InChI=1S/C17H19NO2/c1-14(19)16-7-9-17(10-8-16)20-12-11-18-13-15-5-3-2-4-6-15/h2-10,18H,11-13H2,1H3. The monoisotopic (exact) mass is 269 g/mol. The third-order valence-electron chi connectivity index (χ3n) is 2.98. The van der Waals surface area contributed by atoms with Gasteiger partial charge in [0, 0.05) is 18.7 Å². The predicted molar refractivity (Wildman–Crippen MR) is 80.1 cm³/mol. The van der Waals surface area contributed by atoms with Crippen LogP contribution in [0.15, 0.2) is 54.6 Å². The Kier molecular flexibility index (Phi) is 5.33. The van der Waals surface area contributed by atoms with Crippen LogP contribution in [0, 0.1) is 0 Å². The van der Waals surface area contributed by atoms with Crippen LogP contribution in [0.3, 0.4) is 0 Å². The first kappa shape index (κ1) is 14.3. The molecule has 0 atom stereocenters. The van der Waals surface area contributed by atoms with Crippen molar-refractivity contribution in [1.82, 2.24) is 5.32 Å². The summed E-state index contributed by atoms with van der Waals surface area (Å²) in [5.74, 6) is 0.859. The van der Waals surface area contributed by atoms with Gasteiger partial charge in [0.25, 0.3) is 0 Å². The van der Waals surface area contributed by atoms with E-state index in [1.807, 2.05) is 30.3 Å². The first-order valence-corrected chi connectivity index (χ1v) is 6.74. The second kappa shape index (κ2) is 7.46. The van der Waals surface area contributed by atoms with Crippen molar-refractivity contribution >= 4 is 5.78 Å². The highest BCUT2D eigenvalue weighted by molar-refractivity contribution is 5.94. The minimum atomic E-state index is 0.0704. The third kappa shape index (κ3) is 4.52. The number of Topliss-reactive ketones (excluding diaryl/α,β-unsaturated/α-hetero) is 1. The van der Waals surface area contributed by atoms with Crippen molar-refractivity contribution in [2.75, 3.05) is 13.2 Å². The van der Waals surface area contributed by atoms with Gasteiger partial charge in [-0.05, 0) is 36.8 Å². The van der Waals surface area contributed by atoms with Gasteiger partial charge < -0.3 is 10.1 Å². The highest BCUT2D eigenvalue weighted by Crippen LogP contribution is 2.12. The molecule has 0 bridgehead atoms. The Morgan fingerprint density at radius 1 is 1.05 bits per heavy atom. The lowest BCUT2D eigenvalue weighted by molar-refractivity contribution is 0.101. The molecule has 2 rings (SSSR count). The van der Waals surface area contributed by atoms with Crippen molar-refractivity contribution in [3.05, 3.63) is 65.7 Å². The van der Waals surface area contributed by atoms with Crippen LogP contribution in [0.4, 0.5) is 0 Å². The Morgan fingerprint density at radius 2 is 1.75 bits per heavy atom. The van der Waals surface area contributed by atoms with Crippen LogP contribution in [0.25, 0.3) is 0 Å². The summed E-state index contributed by atoms with van der Waals surface area (Å²) in [6.45, 7) is 3.78. The second-order valence-electron chi connectivity index (χ2n) is 4.59. The molecule has 0 saturated carbocycles. The van der Waals surface area contributed by atoms with E-state index in [-0.39, 0.29) is 5.78 Å². The van der Waals surface area contributed by atoms with Gasteiger partial charge in [0.05, 0.1) is 0 Å². The molecule has 0 aliphatic carbocycles. The Balaban J connectivity index is 1.67. The first-order valence-electron chi connectivity index (χ1n) is 6.74. The summed E-state index contributed by atoms with van der Waals surface area (Å²) in [5, 5.41) is 3.32. The Hall–Kier alpha value is -2.13. The van der Waals surface area contributed by atoms with E-state index >= 15 is 0 Å². The van der Waals surface area contributed by atoms with Gasteiger partial charge in [0.2, 0.25) is 0 Å². The lowest BCUT2D eigenvalue weighted by atomic mass is 10.1. The van der Waals surface area contributed by atoms with Crippen molar-refractivity contribution in [1.29, 1.82) is 0 Å². The summed E-state index contributed by atoms with van der Waals surface area (Å²) in [4.78, 5) is 11.1. The molecule has 20 heavy (non-hydrogen) atoms. The topological polar surface area (TPSA) is 38.3 Å². The van der Waals surface area contributed by atoms with Gasteiger partial charge in [-0.1, -0.05) is 30.3 Å². The maximum Gasteiger partial charge on any atom is 0.159 e. The van der Waals surface area contributed by atoms with Gasteiger partial charge >= 0.3 is 0 Å².